The fourth-order valence-electron chi connectivity index (χ4n) is 1.17. The van der Waals surface area contributed by atoms with Gasteiger partial charge in [0, 0.05) is 24.5 Å². The number of pyridine rings is 1. The van der Waals surface area contributed by atoms with Gasteiger partial charge in [-0.1, -0.05) is 6.07 Å². The fourth-order valence-corrected chi connectivity index (χ4v) is 1.17. The first-order chi connectivity index (χ1) is 5.47. The predicted molar refractivity (Wildman–Crippen MR) is 40.9 cm³/mol. The van der Waals surface area contributed by atoms with Gasteiger partial charge in [0.2, 0.25) is 0 Å². The summed E-state index contributed by atoms with van der Waals surface area (Å²) in [6.45, 7) is 1.72. The zero-order valence-electron chi connectivity index (χ0n) is 6.16. The molecule has 0 saturated carbocycles. The maximum atomic E-state index is 5.39. The lowest BCUT2D eigenvalue weighted by Crippen LogP contribution is -2.13. The zero-order chi connectivity index (χ0) is 7.52. The van der Waals surface area contributed by atoms with Crippen molar-refractivity contribution in [1.82, 2.24) is 10.3 Å². The average Bonchev–Trinajstić information content (AvgIpc) is 2.58. The summed E-state index contributed by atoms with van der Waals surface area (Å²) in [7, 11) is 0. The molecule has 0 aliphatic carbocycles. The SMILES string of the molecule is c1cncc([C@H]2NCCO2)c1. The monoisotopic (exact) mass is 150 g/mol. The van der Waals surface area contributed by atoms with E-state index in [9.17, 15) is 0 Å². The molecule has 0 aromatic carbocycles. The van der Waals surface area contributed by atoms with Crippen molar-refractivity contribution in [3.8, 4) is 0 Å². The molecule has 0 unspecified atom stereocenters. The first-order valence-corrected chi connectivity index (χ1v) is 3.72. The minimum atomic E-state index is 0.0590. The van der Waals surface area contributed by atoms with Crippen molar-refractivity contribution in [2.75, 3.05) is 13.2 Å². The molecule has 11 heavy (non-hydrogen) atoms. The molecule has 1 aromatic heterocycles. The number of aromatic nitrogens is 1. The lowest BCUT2D eigenvalue weighted by atomic mass is 10.2. The van der Waals surface area contributed by atoms with Gasteiger partial charge in [-0.15, -0.1) is 0 Å². The summed E-state index contributed by atoms with van der Waals surface area (Å²) in [5.74, 6) is 0. The third-order valence-electron chi connectivity index (χ3n) is 1.70. The predicted octanol–water partition coefficient (Wildman–Crippen LogP) is 0.700. The molecule has 2 rings (SSSR count). The number of hydrogen-bond acceptors (Lipinski definition) is 3. The van der Waals surface area contributed by atoms with Crippen molar-refractivity contribution >= 4 is 0 Å². The molecule has 1 fully saturated rings. The molecular formula is C8H10N2O. The van der Waals surface area contributed by atoms with Crippen LogP contribution in [0.5, 0.6) is 0 Å². The van der Waals surface area contributed by atoms with E-state index in [0.717, 1.165) is 18.7 Å². The molecule has 0 bridgehead atoms. The highest BCUT2D eigenvalue weighted by Gasteiger charge is 2.15. The molecule has 1 N–H and O–H groups in total. The van der Waals surface area contributed by atoms with Gasteiger partial charge < -0.3 is 4.74 Å². The van der Waals surface area contributed by atoms with Crippen LogP contribution in [0.2, 0.25) is 0 Å². The molecule has 0 amide bonds. The maximum absolute atomic E-state index is 5.39. The zero-order valence-corrected chi connectivity index (χ0v) is 6.16. The third kappa shape index (κ3) is 1.39. The van der Waals surface area contributed by atoms with Crippen LogP contribution in [0, 0.1) is 0 Å². The van der Waals surface area contributed by atoms with Gasteiger partial charge in [-0.3, -0.25) is 10.3 Å². The molecule has 1 aliphatic rings. The van der Waals surface area contributed by atoms with Crippen LogP contribution in [-0.2, 0) is 4.74 Å². The van der Waals surface area contributed by atoms with Crippen LogP contribution in [0.25, 0.3) is 0 Å². The Kier molecular flexibility index (Phi) is 1.83. The Bertz CT molecular complexity index is 219. The molecule has 0 radical (unpaired) electrons. The largest absolute Gasteiger partial charge is 0.358 e. The van der Waals surface area contributed by atoms with Crippen LogP contribution in [0.3, 0.4) is 0 Å². The van der Waals surface area contributed by atoms with E-state index in [2.05, 4.69) is 10.3 Å². The van der Waals surface area contributed by atoms with E-state index in [0.29, 0.717) is 0 Å². The van der Waals surface area contributed by atoms with Crippen molar-refractivity contribution in [2.45, 2.75) is 6.23 Å². The number of nitrogens with one attached hydrogen (secondary N) is 1. The Labute approximate surface area is 65.4 Å². The first kappa shape index (κ1) is 6.76. The molecule has 1 atom stereocenters. The lowest BCUT2D eigenvalue weighted by Gasteiger charge is -2.07. The summed E-state index contributed by atoms with van der Waals surface area (Å²) < 4.78 is 5.39. The highest BCUT2D eigenvalue weighted by molar-refractivity contribution is 5.11. The molecule has 1 aliphatic heterocycles. The normalized spacial score (nSPS) is 23.8. The molecule has 1 saturated heterocycles. The van der Waals surface area contributed by atoms with E-state index in [-0.39, 0.29) is 6.23 Å². The Morgan fingerprint density at radius 1 is 1.64 bits per heavy atom. The van der Waals surface area contributed by atoms with Gasteiger partial charge in [-0.25, -0.2) is 0 Å². The molecule has 1 aromatic rings. The van der Waals surface area contributed by atoms with E-state index < -0.39 is 0 Å². The smallest absolute Gasteiger partial charge is 0.135 e. The summed E-state index contributed by atoms with van der Waals surface area (Å²) in [5, 5.41) is 3.21. The van der Waals surface area contributed by atoms with Crippen molar-refractivity contribution in [1.29, 1.82) is 0 Å². The molecule has 0 spiro atoms. The van der Waals surface area contributed by atoms with Crippen LogP contribution in [0.1, 0.15) is 11.8 Å². The molecule has 3 heteroatoms. The van der Waals surface area contributed by atoms with E-state index in [1.807, 2.05) is 18.3 Å². The van der Waals surface area contributed by atoms with Crippen molar-refractivity contribution < 1.29 is 4.74 Å². The van der Waals surface area contributed by atoms with Gasteiger partial charge in [0.25, 0.3) is 0 Å². The highest BCUT2D eigenvalue weighted by atomic mass is 16.5. The Morgan fingerprint density at radius 3 is 3.27 bits per heavy atom. The van der Waals surface area contributed by atoms with E-state index in [4.69, 9.17) is 4.74 Å². The van der Waals surface area contributed by atoms with Gasteiger partial charge in [-0.2, -0.15) is 0 Å². The molecular weight excluding hydrogens is 140 g/mol. The summed E-state index contributed by atoms with van der Waals surface area (Å²) in [6.07, 6.45) is 3.64. The number of ether oxygens (including phenoxy) is 1. The van der Waals surface area contributed by atoms with Crippen LogP contribution in [0.4, 0.5) is 0 Å². The van der Waals surface area contributed by atoms with E-state index in [1.165, 1.54) is 0 Å². The first-order valence-electron chi connectivity index (χ1n) is 3.72. The van der Waals surface area contributed by atoms with Gasteiger partial charge in [0.1, 0.15) is 6.23 Å². The second-order valence-corrected chi connectivity index (χ2v) is 2.49. The third-order valence-corrected chi connectivity index (χ3v) is 1.70. The Balaban J connectivity index is 2.16. The van der Waals surface area contributed by atoms with Crippen LogP contribution in [0.15, 0.2) is 24.5 Å². The van der Waals surface area contributed by atoms with E-state index in [1.54, 1.807) is 6.20 Å². The average molecular weight is 150 g/mol. The maximum Gasteiger partial charge on any atom is 0.135 e. The molecule has 2 heterocycles. The summed E-state index contributed by atoms with van der Waals surface area (Å²) in [6, 6.07) is 3.93. The van der Waals surface area contributed by atoms with Crippen LogP contribution < -0.4 is 5.32 Å². The number of nitrogens with zero attached hydrogens (tertiary/aromatic N) is 1. The summed E-state index contributed by atoms with van der Waals surface area (Å²) in [4.78, 5) is 4.01. The van der Waals surface area contributed by atoms with E-state index >= 15 is 0 Å². The summed E-state index contributed by atoms with van der Waals surface area (Å²) >= 11 is 0. The minimum Gasteiger partial charge on any atom is -0.358 e. The van der Waals surface area contributed by atoms with Gasteiger partial charge in [-0.05, 0) is 6.07 Å². The number of hydrogen-bond donors (Lipinski definition) is 1. The quantitative estimate of drug-likeness (QED) is 0.640. The second kappa shape index (κ2) is 2.98. The topological polar surface area (TPSA) is 34.2 Å². The standard InChI is InChI=1S/C8H10N2O/c1-2-7(6-9-3-1)8-10-4-5-11-8/h1-3,6,8,10H,4-5H2/t8-/m0/s1. The van der Waals surface area contributed by atoms with Gasteiger partial charge in [0.05, 0.1) is 6.61 Å². The van der Waals surface area contributed by atoms with Crippen molar-refractivity contribution in [3.05, 3.63) is 30.1 Å². The minimum absolute atomic E-state index is 0.0590. The highest BCUT2D eigenvalue weighted by Crippen LogP contribution is 2.15. The fraction of sp³-hybridized carbons (Fsp3) is 0.375. The lowest BCUT2D eigenvalue weighted by molar-refractivity contribution is 0.102. The number of rotatable bonds is 1. The van der Waals surface area contributed by atoms with Crippen molar-refractivity contribution in [3.63, 3.8) is 0 Å². The molecule has 58 valence electrons. The summed E-state index contributed by atoms with van der Waals surface area (Å²) in [5.41, 5.74) is 1.10. The van der Waals surface area contributed by atoms with Gasteiger partial charge in [0.15, 0.2) is 0 Å². The Morgan fingerprint density at radius 2 is 2.64 bits per heavy atom. The van der Waals surface area contributed by atoms with Crippen LogP contribution in [-0.4, -0.2) is 18.1 Å². The second-order valence-electron chi connectivity index (χ2n) is 2.49. The van der Waals surface area contributed by atoms with Crippen molar-refractivity contribution in [2.24, 2.45) is 0 Å². The van der Waals surface area contributed by atoms with Crippen LogP contribution >= 0.6 is 0 Å². The molecule has 3 nitrogen and oxygen atoms in total. The Hall–Kier alpha value is -0.930. The van der Waals surface area contributed by atoms with Gasteiger partial charge >= 0.3 is 0 Å².